The summed E-state index contributed by atoms with van der Waals surface area (Å²) in [6.45, 7) is 4.91. The molecule has 1 heterocycles. The summed E-state index contributed by atoms with van der Waals surface area (Å²) in [5, 5.41) is 37.8. The van der Waals surface area contributed by atoms with E-state index in [1.165, 1.54) is 19.1 Å². The number of aliphatic hydroxyl groups excluding tert-OH is 1. The van der Waals surface area contributed by atoms with Crippen molar-refractivity contribution in [1.29, 1.82) is 0 Å². The molecule has 12 heteroatoms. The van der Waals surface area contributed by atoms with Gasteiger partial charge in [-0.25, -0.2) is 4.79 Å². The molecule has 0 aliphatic heterocycles. The summed E-state index contributed by atoms with van der Waals surface area (Å²) in [4.78, 5) is 54.5. The predicted octanol–water partition coefficient (Wildman–Crippen LogP) is 0.952. The van der Waals surface area contributed by atoms with Gasteiger partial charge in [-0.2, -0.15) is 0 Å². The summed E-state index contributed by atoms with van der Waals surface area (Å²) < 4.78 is 0. The Morgan fingerprint density at radius 3 is 2.12 bits per heavy atom. The van der Waals surface area contributed by atoms with E-state index in [-0.39, 0.29) is 30.9 Å². The summed E-state index contributed by atoms with van der Waals surface area (Å²) in [6, 6.07) is 8.72. The van der Waals surface area contributed by atoms with Crippen LogP contribution in [0.25, 0.3) is 10.9 Å². The van der Waals surface area contributed by atoms with Crippen molar-refractivity contribution < 1.29 is 34.5 Å². The van der Waals surface area contributed by atoms with Crippen LogP contribution in [0.4, 0.5) is 0 Å². The SMILES string of the molecule is CC(C)CC(NC(=O)C(NC(=O)C(Cc1c[nH]c2ccccc12)NC(=O)C(N)Cc1ccc(O)cc1)C(C)O)C(=O)O. The number of fused-ring (bicyclic) bond motifs is 1. The number of para-hydroxylation sites is 1. The molecule has 12 nitrogen and oxygen atoms in total. The van der Waals surface area contributed by atoms with Gasteiger partial charge in [-0.15, -0.1) is 0 Å². The number of phenolic OH excluding ortho intramolecular Hbond substituents is 1. The number of hydrogen-bond donors (Lipinski definition) is 8. The van der Waals surface area contributed by atoms with E-state index < -0.39 is 54.0 Å². The first kappa shape index (κ1) is 32.1. The van der Waals surface area contributed by atoms with Crippen molar-refractivity contribution >= 4 is 34.6 Å². The topological polar surface area (TPSA) is 207 Å². The van der Waals surface area contributed by atoms with E-state index in [4.69, 9.17) is 5.73 Å². The molecular weight excluding hydrogens is 542 g/mol. The van der Waals surface area contributed by atoms with Crippen molar-refractivity contribution in [3.63, 3.8) is 0 Å². The number of rotatable bonds is 14. The molecule has 2 aromatic carbocycles. The molecule has 5 unspecified atom stereocenters. The molecule has 226 valence electrons. The number of aromatic hydroxyl groups is 1. The maximum atomic E-state index is 13.6. The van der Waals surface area contributed by atoms with Gasteiger partial charge in [0.15, 0.2) is 0 Å². The van der Waals surface area contributed by atoms with E-state index >= 15 is 0 Å². The minimum atomic E-state index is -1.49. The van der Waals surface area contributed by atoms with Crippen LogP contribution in [-0.2, 0) is 32.0 Å². The second-order valence-corrected chi connectivity index (χ2v) is 10.9. The minimum Gasteiger partial charge on any atom is -0.508 e. The molecule has 5 atom stereocenters. The van der Waals surface area contributed by atoms with Gasteiger partial charge in [0.25, 0.3) is 0 Å². The molecule has 0 aliphatic carbocycles. The van der Waals surface area contributed by atoms with Crippen LogP contribution in [0.3, 0.4) is 0 Å². The molecule has 0 fully saturated rings. The number of H-pyrrole nitrogens is 1. The summed E-state index contributed by atoms with van der Waals surface area (Å²) in [5.41, 5.74) is 8.40. The standard InChI is InChI=1S/C30H39N5O7/c1-16(2)12-25(30(41)42)34-29(40)26(17(3)36)35-28(39)24(14-19-15-32-23-7-5-4-6-21(19)23)33-27(38)22(31)13-18-8-10-20(37)11-9-18/h4-11,15-17,22,24-26,32,36-37H,12-14,31H2,1-3H3,(H,33,38)(H,34,40)(H,35,39)(H,41,42). The Kier molecular flexibility index (Phi) is 11.1. The van der Waals surface area contributed by atoms with Crippen LogP contribution in [0.1, 0.15) is 38.3 Å². The Morgan fingerprint density at radius 2 is 1.50 bits per heavy atom. The highest BCUT2D eigenvalue weighted by Gasteiger charge is 2.33. The van der Waals surface area contributed by atoms with Crippen LogP contribution >= 0.6 is 0 Å². The number of carboxylic acid groups (broad SMARTS) is 1. The molecule has 0 bridgehead atoms. The van der Waals surface area contributed by atoms with Gasteiger partial charge in [0.05, 0.1) is 12.1 Å². The number of nitrogens with two attached hydrogens (primary N) is 1. The first-order valence-corrected chi connectivity index (χ1v) is 13.8. The zero-order chi connectivity index (χ0) is 31.0. The average molecular weight is 582 g/mol. The predicted molar refractivity (Wildman–Crippen MR) is 156 cm³/mol. The Balaban J connectivity index is 1.81. The van der Waals surface area contributed by atoms with Crippen LogP contribution in [-0.4, -0.2) is 74.3 Å². The summed E-state index contributed by atoms with van der Waals surface area (Å²) in [5.74, 6) is -3.45. The minimum absolute atomic E-state index is 0.0345. The molecule has 0 saturated heterocycles. The Bertz CT molecular complexity index is 1390. The first-order valence-electron chi connectivity index (χ1n) is 13.8. The molecule has 1 aromatic heterocycles. The van der Waals surface area contributed by atoms with Gasteiger partial charge in [-0.3, -0.25) is 14.4 Å². The second kappa shape index (κ2) is 14.5. The number of carbonyl (C=O) groups excluding carboxylic acids is 3. The molecule has 3 rings (SSSR count). The number of amides is 3. The molecule has 0 saturated carbocycles. The third-order valence-corrected chi connectivity index (χ3v) is 6.84. The molecule has 42 heavy (non-hydrogen) atoms. The number of carboxylic acids is 1. The molecule has 9 N–H and O–H groups in total. The maximum absolute atomic E-state index is 13.6. The van der Waals surface area contributed by atoms with E-state index in [0.717, 1.165) is 16.5 Å². The van der Waals surface area contributed by atoms with Gasteiger partial charge in [0.1, 0.15) is 23.9 Å². The van der Waals surface area contributed by atoms with Gasteiger partial charge in [-0.1, -0.05) is 44.2 Å². The van der Waals surface area contributed by atoms with Crippen LogP contribution < -0.4 is 21.7 Å². The highest BCUT2D eigenvalue weighted by atomic mass is 16.4. The van der Waals surface area contributed by atoms with Crippen molar-refractivity contribution in [2.75, 3.05) is 0 Å². The van der Waals surface area contributed by atoms with Gasteiger partial charge in [0.2, 0.25) is 17.7 Å². The van der Waals surface area contributed by atoms with E-state index in [0.29, 0.717) is 5.56 Å². The Morgan fingerprint density at radius 1 is 0.857 bits per heavy atom. The number of phenols is 1. The van der Waals surface area contributed by atoms with E-state index in [9.17, 15) is 34.5 Å². The largest absolute Gasteiger partial charge is 0.508 e. The normalized spacial score (nSPS) is 14.9. The number of aromatic amines is 1. The zero-order valence-corrected chi connectivity index (χ0v) is 23.8. The highest BCUT2D eigenvalue weighted by molar-refractivity contribution is 5.95. The number of nitrogens with one attached hydrogen (secondary N) is 4. The number of benzene rings is 2. The Labute approximate surface area is 243 Å². The van der Waals surface area contributed by atoms with Crippen molar-refractivity contribution in [3.8, 4) is 5.75 Å². The van der Waals surface area contributed by atoms with Gasteiger partial charge in [0, 0.05) is 23.5 Å². The first-order chi connectivity index (χ1) is 19.8. The van der Waals surface area contributed by atoms with E-state index in [2.05, 4.69) is 20.9 Å². The molecule has 0 spiro atoms. The number of aliphatic carboxylic acids is 1. The summed E-state index contributed by atoms with van der Waals surface area (Å²) in [6.07, 6.45) is 0.671. The lowest BCUT2D eigenvalue weighted by atomic mass is 10.0. The number of aromatic nitrogens is 1. The fourth-order valence-corrected chi connectivity index (χ4v) is 4.60. The van der Waals surface area contributed by atoms with Crippen LogP contribution in [0.2, 0.25) is 0 Å². The Hall–Kier alpha value is -4.42. The lowest BCUT2D eigenvalue weighted by molar-refractivity contribution is -0.143. The third-order valence-electron chi connectivity index (χ3n) is 6.84. The van der Waals surface area contributed by atoms with Crippen molar-refractivity contribution in [3.05, 3.63) is 65.9 Å². The fourth-order valence-electron chi connectivity index (χ4n) is 4.60. The highest BCUT2D eigenvalue weighted by Crippen LogP contribution is 2.19. The lowest BCUT2D eigenvalue weighted by Crippen LogP contribution is -2.60. The van der Waals surface area contributed by atoms with Gasteiger partial charge in [-0.05, 0) is 55.0 Å². The molecular formula is C30H39N5O7. The quantitative estimate of drug-likeness (QED) is 0.137. The van der Waals surface area contributed by atoms with Crippen LogP contribution in [0, 0.1) is 5.92 Å². The molecule has 3 aromatic rings. The summed E-state index contributed by atoms with van der Waals surface area (Å²) in [7, 11) is 0. The lowest BCUT2D eigenvalue weighted by Gasteiger charge is -2.27. The fraction of sp³-hybridized carbons (Fsp3) is 0.400. The molecule has 3 amide bonds. The number of aliphatic hydroxyl groups is 1. The zero-order valence-electron chi connectivity index (χ0n) is 23.8. The van der Waals surface area contributed by atoms with Gasteiger partial charge >= 0.3 is 5.97 Å². The van der Waals surface area contributed by atoms with Crippen molar-refractivity contribution in [2.24, 2.45) is 11.7 Å². The second-order valence-electron chi connectivity index (χ2n) is 10.9. The van der Waals surface area contributed by atoms with Crippen molar-refractivity contribution in [2.45, 2.75) is 70.3 Å². The monoisotopic (exact) mass is 581 g/mol. The van der Waals surface area contributed by atoms with Crippen LogP contribution in [0.5, 0.6) is 5.75 Å². The maximum Gasteiger partial charge on any atom is 0.326 e. The summed E-state index contributed by atoms with van der Waals surface area (Å²) >= 11 is 0. The third kappa shape index (κ3) is 8.79. The van der Waals surface area contributed by atoms with E-state index in [1.54, 1.807) is 32.2 Å². The van der Waals surface area contributed by atoms with E-state index in [1.807, 2.05) is 24.3 Å². The molecule has 0 aliphatic rings. The smallest absolute Gasteiger partial charge is 0.326 e. The number of hydrogen-bond acceptors (Lipinski definition) is 7. The van der Waals surface area contributed by atoms with Gasteiger partial charge < -0.3 is 42.0 Å². The van der Waals surface area contributed by atoms with Crippen LogP contribution in [0.15, 0.2) is 54.7 Å². The van der Waals surface area contributed by atoms with Crippen molar-refractivity contribution in [1.82, 2.24) is 20.9 Å². The average Bonchev–Trinajstić information content (AvgIpc) is 3.34. The number of carbonyl (C=O) groups is 4. The molecule has 0 radical (unpaired) electrons.